The summed E-state index contributed by atoms with van der Waals surface area (Å²) in [5.74, 6) is 0.674. The largest absolute Gasteiger partial charge is 0.501 e. The number of hydrogen-bond acceptors (Lipinski definition) is 3. The van der Waals surface area contributed by atoms with Crippen LogP contribution >= 0.6 is 0 Å². The van der Waals surface area contributed by atoms with Crippen LogP contribution < -0.4 is 0 Å². The van der Waals surface area contributed by atoms with Crippen molar-refractivity contribution < 1.29 is 13.2 Å². The third kappa shape index (κ3) is 3.89. The third-order valence-electron chi connectivity index (χ3n) is 2.52. The van der Waals surface area contributed by atoms with E-state index >= 15 is 0 Å². The smallest absolute Gasteiger partial charge is 0.182 e. The number of benzene rings is 1. The van der Waals surface area contributed by atoms with Crippen molar-refractivity contribution >= 4 is 9.84 Å². The second kappa shape index (κ2) is 5.87. The Bertz CT molecular complexity index is 478. The van der Waals surface area contributed by atoms with Gasteiger partial charge in [-0.1, -0.05) is 24.6 Å². The molecule has 0 N–H and O–H groups in total. The molecule has 0 saturated heterocycles. The van der Waals surface area contributed by atoms with Gasteiger partial charge in [-0.25, -0.2) is 8.42 Å². The molecule has 17 heavy (non-hydrogen) atoms. The lowest BCUT2D eigenvalue weighted by atomic mass is 10.2. The summed E-state index contributed by atoms with van der Waals surface area (Å²) in [5, 5.41) is 0. The highest BCUT2D eigenvalue weighted by Crippen LogP contribution is 2.13. The molecule has 0 radical (unpaired) electrons. The molecule has 0 unspecified atom stereocenters. The van der Waals surface area contributed by atoms with Gasteiger partial charge in [-0.2, -0.15) is 0 Å². The van der Waals surface area contributed by atoms with Gasteiger partial charge in [0.1, 0.15) is 0 Å². The van der Waals surface area contributed by atoms with Gasteiger partial charge < -0.3 is 4.74 Å². The summed E-state index contributed by atoms with van der Waals surface area (Å²) >= 11 is 0. The van der Waals surface area contributed by atoms with Crippen molar-refractivity contribution in [2.75, 3.05) is 12.9 Å². The van der Waals surface area contributed by atoms with Crippen molar-refractivity contribution in [2.45, 2.75) is 25.2 Å². The van der Waals surface area contributed by atoms with Gasteiger partial charge in [0.25, 0.3) is 0 Å². The molecule has 1 aromatic rings. The second-order valence-corrected chi connectivity index (χ2v) is 5.86. The second-order valence-electron chi connectivity index (χ2n) is 3.82. The number of aryl methyl sites for hydroxylation is 1. The minimum absolute atomic E-state index is 0.0208. The van der Waals surface area contributed by atoms with Crippen LogP contribution in [0, 0.1) is 6.92 Å². The molecule has 0 spiro atoms. The maximum Gasteiger partial charge on any atom is 0.182 e. The van der Waals surface area contributed by atoms with Crippen molar-refractivity contribution in [1.82, 2.24) is 0 Å². The molecule has 0 aliphatic rings. The van der Waals surface area contributed by atoms with Crippen LogP contribution in [-0.4, -0.2) is 21.3 Å². The van der Waals surface area contributed by atoms with Crippen LogP contribution in [0.5, 0.6) is 0 Å². The van der Waals surface area contributed by atoms with E-state index in [1.165, 1.54) is 0 Å². The van der Waals surface area contributed by atoms with E-state index in [1.807, 2.05) is 13.8 Å². The summed E-state index contributed by atoms with van der Waals surface area (Å²) in [4.78, 5) is 0.353. The van der Waals surface area contributed by atoms with Crippen molar-refractivity contribution in [3.8, 4) is 0 Å². The van der Waals surface area contributed by atoms with Crippen LogP contribution in [0.3, 0.4) is 0 Å². The lowest BCUT2D eigenvalue weighted by molar-refractivity contribution is 0.280. The predicted octanol–water partition coefficient (Wildman–Crippen LogP) is 2.71. The summed E-state index contributed by atoms with van der Waals surface area (Å²) in [6.45, 7) is 3.85. The molecule has 3 nitrogen and oxygen atoms in total. The SMILES string of the molecule is CC/C(=C/CS(=O)(=O)c1ccc(C)cc1)OC. The van der Waals surface area contributed by atoms with Gasteiger partial charge in [0, 0.05) is 6.42 Å². The molecular formula is C13H18O3S. The molecule has 0 heterocycles. The Kier molecular flexibility index (Phi) is 4.75. The van der Waals surface area contributed by atoms with E-state index in [1.54, 1.807) is 37.5 Å². The zero-order valence-electron chi connectivity index (χ0n) is 10.4. The first-order valence-corrected chi connectivity index (χ1v) is 7.17. The first kappa shape index (κ1) is 13.8. The zero-order chi connectivity index (χ0) is 12.9. The molecule has 0 saturated carbocycles. The number of rotatable bonds is 5. The van der Waals surface area contributed by atoms with Gasteiger partial charge in [0.2, 0.25) is 0 Å². The lowest BCUT2D eigenvalue weighted by Gasteiger charge is -2.04. The molecule has 0 aliphatic heterocycles. The maximum atomic E-state index is 12.0. The standard InChI is InChI=1S/C13H18O3S/c1-4-12(16-3)9-10-17(14,15)13-7-5-11(2)6-8-13/h5-9H,4,10H2,1-3H3/b12-9-. The maximum absolute atomic E-state index is 12.0. The van der Waals surface area contributed by atoms with Crippen LogP contribution in [0.2, 0.25) is 0 Å². The van der Waals surface area contributed by atoms with Gasteiger partial charge in [0.05, 0.1) is 23.5 Å². The van der Waals surface area contributed by atoms with E-state index in [2.05, 4.69) is 0 Å². The van der Waals surface area contributed by atoms with Crippen LogP contribution in [-0.2, 0) is 14.6 Å². The highest BCUT2D eigenvalue weighted by atomic mass is 32.2. The van der Waals surface area contributed by atoms with Gasteiger partial charge in [0.15, 0.2) is 9.84 Å². The van der Waals surface area contributed by atoms with Crippen molar-refractivity contribution in [2.24, 2.45) is 0 Å². The molecule has 0 aliphatic carbocycles. The fourth-order valence-corrected chi connectivity index (χ4v) is 2.57. The Balaban J connectivity index is 2.89. The van der Waals surface area contributed by atoms with E-state index in [9.17, 15) is 8.42 Å². The highest BCUT2D eigenvalue weighted by molar-refractivity contribution is 7.91. The third-order valence-corrected chi connectivity index (χ3v) is 4.12. The molecule has 94 valence electrons. The van der Waals surface area contributed by atoms with Gasteiger partial charge >= 0.3 is 0 Å². The molecule has 0 amide bonds. The van der Waals surface area contributed by atoms with E-state index in [0.29, 0.717) is 17.1 Å². The van der Waals surface area contributed by atoms with E-state index < -0.39 is 9.84 Å². The highest BCUT2D eigenvalue weighted by Gasteiger charge is 2.12. The van der Waals surface area contributed by atoms with Crippen molar-refractivity contribution in [3.63, 3.8) is 0 Å². The minimum atomic E-state index is -3.25. The number of methoxy groups -OCH3 is 1. The molecule has 0 bridgehead atoms. The Morgan fingerprint density at radius 3 is 2.35 bits per heavy atom. The average molecular weight is 254 g/mol. The molecule has 0 aromatic heterocycles. The summed E-state index contributed by atoms with van der Waals surface area (Å²) in [7, 11) is -1.70. The lowest BCUT2D eigenvalue weighted by Crippen LogP contribution is -2.05. The van der Waals surface area contributed by atoms with Crippen LogP contribution in [0.4, 0.5) is 0 Å². The summed E-state index contributed by atoms with van der Waals surface area (Å²) in [6.07, 6.45) is 2.31. The van der Waals surface area contributed by atoms with Gasteiger partial charge in [-0.15, -0.1) is 0 Å². The summed E-state index contributed by atoms with van der Waals surface area (Å²) in [5.41, 5.74) is 1.05. The number of ether oxygens (including phenoxy) is 1. The number of allylic oxidation sites excluding steroid dienone is 1. The molecule has 0 atom stereocenters. The zero-order valence-corrected chi connectivity index (χ0v) is 11.3. The number of sulfone groups is 1. The molecule has 4 heteroatoms. The normalized spacial score (nSPS) is 12.5. The van der Waals surface area contributed by atoms with Crippen LogP contribution in [0.1, 0.15) is 18.9 Å². The van der Waals surface area contributed by atoms with Crippen LogP contribution in [0.15, 0.2) is 41.0 Å². The first-order chi connectivity index (χ1) is 7.99. The average Bonchev–Trinajstić information content (AvgIpc) is 2.31. The minimum Gasteiger partial charge on any atom is -0.501 e. The first-order valence-electron chi connectivity index (χ1n) is 5.52. The Hall–Kier alpha value is -1.29. The monoisotopic (exact) mass is 254 g/mol. The Morgan fingerprint density at radius 1 is 1.29 bits per heavy atom. The molecule has 0 fully saturated rings. The van der Waals surface area contributed by atoms with E-state index in [0.717, 1.165) is 5.56 Å². The number of hydrogen-bond donors (Lipinski definition) is 0. The quantitative estimate of drug-likeness (QED) is 0.759. The predicted molar refractivity (Wildman–Crippen MR) is 68.6 cm³/mol. The molecule has 1 rings (SSSR count). The van der Waals surface area contributed by atoms with Crippen LogP contribution in [0.25, 0.3) is 0 Å². The summed E-state index contributed by atoms with van der Waals surface area (Å²) in [6, 6.07) is 6.87. The van der Waals surface area contributed by atoms with E-state index in [4.69, 9.17) is 4.74 Å². The fraction of sp³-hybridized carbons (Fsp3) is 0.385. The van der Waals surface area contributed by atoms with Crippen molar-refractivity contribution in [1.29, 1.82) is 0 Å². The van der Waals surface area contributed by atoms with Gasteiger partial charge in [-0.05, 0) is 25.1 Å². The Morgan fingerprint density at radius 2 is 1.88 bits per heavy atom. The van der Waals surface area contributed by atoms with Gasteiger partial charge in [-0.3, -0.25) is 0 Å². The fourth-order valence-electron chi connectivity index (χ4n) is 1.42. The summed E-state index contributed by atoms with van der Waals surface area (Å²) < 4.78 is 29.0. The topological polar surface area (TPSA) is 43.4 Å². The Labute approximate surface area is 103 Å². The molecular weight excluding hydrogens is 236 g/mol. The van der Waals surface area contributed by atoms with E-state index in [-0.39, 0.29) is 5.75 Å². The van der Waals surface area contributed by atoms with Crippen molar-refractivity contribution in [3.05, 3.63) is 41.7 Å². The molecule has 1 aromatic carbocycles.